The Bertz CT molecular complexity index is 329. The molecule has 0 aromatic carbocycles. The first kappa shape index (κ1) is 12.4. The fraction of sp³-hybridized carbons (Fsp3) is 0.769. The van der Waals surface area contributed by atoms with Crippen molar-refractivity contribution in [3.8, 4) is 0 Å². The van der Waals surface area contributed by atoms with Crippen molar-refractivity contribution in [3.63, 3.8) is 0 Å². The summed E-state index contributed by atoms with van der Waals surface area (Å²) in [5, 5.41) is 3.38. The summed E-state index contributed by atoms with van der Waals surface area (Å²) in [4.78, 5) is 4.35. The van der Waals surface area contributed by atoms with Crippen LogP contribution in [0.2, 0.25) is 0 Å². The van der Waals surface area contributed by atoms with Crippen molar-refractivity contribution >= 4 is 5.95 Å². The van der Waals surface area contributed by atoms with Crippen molar-refractivity contribution < 1.29 is 4.74 Å². The van der Waals surface area contributed by atoms with Gasteiger partial charge in [-0.3, -0.25) is 0 Å². The summed E-state index contributed by atoms with van der Waals surface area (Å²) in [6.45, 7) is 7.19. The fourth-order valence-corrected chi connectivity index (χ4v) is 2.09. The summed E-state index contributed by atoms with van der Waals surface area (Å²) in [7, 11) is 0. The zero-order chi connectivity index (χ0) is 12.1. The third-order valence-corrected chi connectivity index (χ3v) is 3.06. The van der Waals surface area contributed by atoms with Gasteiger partial charge in [-0.1, -0.05) is 13.8 Å². The Hall–Kier alpha value is -1.03. The number of anilines is 1. The molecule has 2 rings (SSSR count). The highest BCUT2D eigenvalue weighted by atomic mass is 16.5. The number of nitrogens with zero attached hydrogens (tertiary/aromatic N) is 2. The third kappa shape index (κ3) is 3.73. The molecular weight excluding hydrogens is 214 g/mol. The first-order valence-electron chi connectivity index (χ1n) is 6.62. The van der Waals surface area contributed by atoms with E-state index in [1.54, 1.807) is 0 Å². The van der Waals surface area contributed by atoms with Crippen molar-refractivity contribution in [2.75, 3.05) is 18.5 Å². The van der Waals surface area contributed by atoms with E-state index in [9.17, 15) is 0 Å². The Labute approximate surface area is 103 Å². The summed E-state index contributed by atoms with van der Waals surface area (Å²) in [5.41, 5.74) is 0. The lowest BCUT2D eigenvalue weighted by Gasteiger charge is -2.23. The molecule has 1 aromatic heterocycles. The Morgan fingerprint density at radius 3 is 3.12 bits per heavy atom. The zero-order valence-corrected chi connectivity index (χ0v) is 10.9. The topological polar surface area (TPSA) is 39.1 Å². The molecule has 4 nitrogen and oxygen atoms in total. The van der Waals surface area contributed by atoms with Crippen LogP contribution in [0.1, 0.15) is 33.1 Å². The van der Waals surface area contributed by atoms with E-state index < -0.39 is 0 Å². The minimum absolute atomic E-state index is 0.359. The van der Waals surface area contributed by atoms with Gasteiger partial charge in [0.1, 0.15) is 0 Å². The number of hydrogen-bond donors (Lipinski definition) is 1. The molecule has 2 heterocycles. The van der Waals surface area contributed by atoms with Crippen molar-refractivity contribution in [2.45, 2.75) is 45.8 Å². The number of rotatable bonds is 5. The molecule has 96 valence electrons. The standard InChI is InChI=1S/C13H23N3O/c1-11(2)9-15-13-14-6-7-16(13)10-12-5-3-4-8-17-12/h6-7,11-12H,3-5,8-10H2,1-2H3,(H,14,15). The summed E-state index contributed by atoms with van der Waals surface area (Å²) < 4.78 is 7.92. The van der Waals surface area contributed by atoms with Crippen LogP contribution in [0.4, 0.5) is 5.95 Å². The molecule has 1 fully saturated rings. The first-order chi connectivity index (χ1) is 8.25. The molecule has 1 unspecified atom stereocenters. The lowest BCUT2D eigenvalue weighted by atomic mass is 10.1. The summed E-state index contributed by atoms with van der Waals surface area (Å²) >= 11 is 0. The second-order valence-corrected chi connectivity index (χ2v) is 5.17. The fourth-order valence-electron chi connectivity index (χ4n) is 2.09. The average Bonchev–Trinajstić information content (AvgIpc) is 2.75. The van der Waals surface area contributed by atoms with E-state index in [1.165, 1.54) is 19.3 Å². The normalized spacial score (nSPS) is 20.8. The van der Waals surface area contributed by atoms with Gasteiger partial charge < -0.3 is 14.6 Å². The second-order valence-electron chi connectivity index (χ2n) is 5.17. The first-order valence-corrected chi connectivity index (χ1v) is 6.62. The van der Waals surface area contributed by atoms with Gasteiger partial charge in [0.25, 0.3) is 0 Å². The van der Waals surface area contributed by atoms with Gasteiger partial charge in [-0.05, 0) is 25.2 Å². The quantitative estimate of drug-likeness (QED) is 0.855. The molecule has 1 aliphatic rings. The molecule has 1 aliphatic heterocycles. The second kappa shape index (κ2) is 6.05. The van der Waals surface area contributed by atoms with Gasteiger partial charge in [0, 0.05) is 25.5 Å². The van der Waals surface area contributed by atoms with Crippen LogP contribution in [0.5, 0.6) is 0 Å². The highest BCUT2D eigenvalue weighted by molar-refractivity contribution is 5.25. The zero-order valence-electron chi connectivity index (χ0n) is 10.9. The van der Waals surface area contributed by atoms with Crippen molar-refractivity contribution in [1.29, 1.82) is 0 Å². The van der Waals surface area contributed by atoms with Crippen LogP contribution in [0, 0.1) is 5.92 Å². The largest absolute Gasteiger partial charge is 0.376 e. The van der Waals surface area contributed by atoms with E-state index in [-0.39, 0.29) is 0 Å². The van der Waals surface area contributed by atoms with Gasteiger partial charge in [0.15, 0.2) is 0 Å². The molecule has 1 saturated heterocycles. The number of aromatic nitrogens is 2. The van der Waals surface area contributed by atoms with Crippen LogP contribution < -0.4 is 5.32 Å². The highest BCUT2D eigenvalue weighted by Crippen LogP contribution is 2.16. The molecule has 0 spiro atoms. The molecular formula is C13H23N3O. The SMILES string of the molecule is CC(C)CNc1nccn1CC1CCCCO1. The molecule has 0 bridgehead atoms. The molecule has 0 radical (unpaired) electrons. The van der Waals surface area contributed by atoms with E-state index in [2.05, 4.69) is 28.7 Å². The Morgan fingerprint density at radius 1 is 1.53 bits per heavy atom. The maximum atomic E-state index is 5.76. The van der Waals surface area contributed by atoms with E-state index in [4.69, 9.17) is 4.74 Å². The van der Waals surface area contributed by atoms with E-state index in [0.29, 0.717) is 12.0 Å². The van der Waals surface area contributed by atoms with Gasteiger partial charge in [-0.2, -0.15) is 0 Å². The highest BCUT2D eigenvalue weighted by Gasteiger charge is 2.15. The molecule has 1 atom stereocenters. The lowest BCUT2D eigenvalue weighted by Crippen LogP contribution is -2.25. The summed E-state index contributed by atoms with van der Waals surface area (Å²) in [6, 6.07) is 0. The van der Waals surface area contributed by atoms with Crippen LogP contribution in [-0.4, -0.2) is 28.8 Å². The number of hydrogen-bond acceptors (Lipinski definition) is 3. The molecule has 1 N–H and O–H groups in total. The number of ether oxygens (including phenoxy) is 1. The predicted octanol–water partition coefficient (Wildman–Crippen LogP) is 2.52. The maximum Gasteiger partial charge on any atom is 0.202 e. The molecule has 0 saturated carbocycles. The number of imidazole rings is 1. The van der Waals surface area contributed by atoms with Crippen molar-refractivity contribution in [2.24, 2.45) is 5.92 Å². The predicted molar refractivity (Wildman–Crippen MR) is 69.1 cm³/mol. The van der Waals surface area contributed by atoms with Crippen LogP contribution in [0.15, 0.2) is 12.4 Å². The minimum atomic E-state index is 0.359. The van der Waals surface area contributed by atoms with Gasteiger partial charge in [0.2, 0.25) is 5.95 Å². The molecule has 0 aliphatic carbocycles. The smallest absolute Gasteiger partial charge is 0.202 e. The van der Waals surface area contributed by atoms with E-state index in [0.717, 1.165) is 25.6 Å². The average molecular weight is 237 g/mol. The Balaban J connectivity index is 1.88. The Morgan fingerprint density at radius 2 is 2.41 bits per heavy atom. The molecule has 1 aromatic rings. The van der Waals surface area contributed by atoms with Crippen molar-refractivity contribution in [1.82, 2.24) is 9.55 Å². The Kier molecular flexibility index (Phi) is 4.42. The number of nitrogens with one attached hydrogen (secondary N) is 1. The molecule has 0 amide bonds. The van der Waals surface area contributed by atoms with Crippen LogP contribution >= 0.6 is 0 Å². The monoisotopic (exact) mass is 237 g/mol. The summed E-state index contributed by atoms with van der Waals surface area (Å²) in [6.07, 6.45) is 7.90. The molecule has 4 heteroatoms. The van der Waals surface area contributed by atoms with Crippen LogP contribution in [0.25, 0.3) is 0 Å². The van der Waals surface area contributed by atoms with Crippen LogP contribution in [-0.2, 0) is 11.3 Å². The minimum Gasteiger partial charge on any atom is -0.376 e. The van der Waals surface area contributed by atoms with Crippen molar-refractivity contribution in [3.05, 3.63) is 12.4 Å². The summed E-state index contributed by atoms with van der Waals surface area (Å²) in [5.74, 6) is 1.60. The van der Waals surface area contributed by atoms with Gasteiger partial charge >= 0.3 is 0 Å². The third-order valence-electron chi connectivity index (χ3n) is 3.06. The van der Waals surface area contributed by atoms with E-state index in [1.807, 2.05) is 12.4 Å². The van der Waals surface area contributed by atoms with Gasteiger partial charge in [0.05, 0.1) is 12.6 Å². The van der Waals surface area contributed by atoms with E-state index >= 15 is 0 Å². The van der Waals surface area contributed by atoms with Crippen LogP contribution in [0.3, 0.4) is 0 Å². The van der Waals surface area contributed by atoms with Gasteiger partial charge in [-0.25, -0.2) is 4.98 Å². The molecule has 17 heavy (non-hydrogen) atoms. The lowest BCUT2D eigenvalue weighted by molar-refractivity contribution is 0.00629. The maximum absolute atomic E-state index is 5.76. The van der Waals surface area contributed by atoms with Gasteiger partial charge in [-0.15, -0.1) is 0 Å².